The summed E-state index contributed by atoms with van der Waals surface area (Å²) < 4.78 is 8.97. The summed E-state index contributed by atoms with van der Waals surface area (Å²) in [6.07, 6.45) is 1.93. The predicted octanol–water partition coefficient (Wildman–Crippen LogP) is 13.2. The molecule has 3 heterocycles. The Balaban J connectivity index is 1.19. The summed E-state index contributed by atoms with van der Waals surface area (Å²) in [6, 6.07) is 50.1. The third-order valence-electron chi connectivity index (χ3n) is 13.4. The van der Waals surface area contributed by atoms with Crippen molar-refractivity contribution in [1.29, 1.82) is 0 Å². The van der Waals surface area contributed by atoms with Gasteiger partial charge in [-0.05, 0) is 109 Å². The molecule has 0 radical (unpaired) electrons. The molecule has 0 spiro atoms. The average Bonchev–Trinajstić information content (AvgIpc) is 3.85. The molecule has 1 aliphatic heterocycles. The molecule has 0 atom stereocenters. The number of aromatic nitrogens is 1. The molecule has 0 bridgehead atoms. The smallest absolute Gasteiger partial charge is 0.198 e. The molecule has 1 N–H and O–H groups in total. The minimum absolute atomic E-state index is 0.0184. The topological polar surface area (TPSA) is 30.1 Å². The molecule has 59 heavy (non-hydrogen) atoms. The van der Waals surface area contributed by atoms with Crippen molar-refractivity contribution in [2.75, 3.05) is 5.32 Å². The van der Waals surface area contributed by atoms with Crippen molar-refractivity contribution in [2.24, 2.45) is 0 Å². The van der Waals surface area contributed by atoms with Crippen LogP contribution in [0.3, 0.4) is 0 Å². The number of rotatable bonds is 4. The van der Waals surface area contributed by atoms with E-state index in [2.05, 4.69) is 199 Å². The van der Waals surface area contributed by atoms with Crippen LogP contribution in [0.25, 0.3) is 71.8 Å². The molecule has 4 heteroatoms. The molecule has 9 aromatic rings. The minimum Gasteiger partial charge on any atom is -0.464 e. The van der Waals surface area contributed by atoms with Crippen LogP contribution in [0.4, 0.5) is 11.4 Å². The summed E-state index contributed by atoms with van der Waals surface area (Å²) in [4.78, 5) is 0. The fourth-order valence-corrected chi connectivity index (χ4v) is 10.1. The van der Waals surface area contributed by atoms with Crippen LogP contribution >= 0.6 is 0 Å². The number of benzene rings is 7. The molecule has 7 aromatic carbocycles. The van der Waals surface area contributed by atoms with E-state index in [1.54, 1.807) is 0 Å². The lowest BCUT2D eigenvalue weighted by Crippen LogP contribution is -2.37. The molecule has 0 amide bonds. The molecule has 2 aliphatic rings. The summed E-state index contributed by atoms with van der Waals surface area (Å²) in [5.41, 5.74) is 22.4. The Morgan fingerprint density at radius 1 is 0.576 bits per heavy atom. The number of hydrogen-bond acceptors (Lipinski definition) is 2. The molecule has 0 saturated heterocycles. The van der Waals surface area contributed by atoms with E-state index in [0.29, 0.717) is 0 Å². The first kappa shape index (κ1) is 35.9. The maximum absolute atomic E-state index is 6.39. The molecular formula is C55H49BN2O. The van der Waals surface area contributed by atoms with Crippen LogP contribution in [0, 0.1) is 0 Å². The number of nitrogens with one attached hydrogen (secondary N) is 1. The van der Waals surface area contributed by atoms with E-state index in [-0.39, 0.29) is 16.2 Å². The Morgan fingerprint density at radius 3 is 2.07 bits per heavy atom. The van der Waals surface area contributed by atoms with E-state index in [4.69, 9.17) is 4.42 Å². The fraction of sp³-hybridized carbons (Fsp3) is 0.200. The van der Waals surface area contributed by atoms with Gasteiger partial charge in [-0.1, -0.05) is 146 Å². The van der Waals surface area contributed by atoms with E-state index in [9.17, 15) is 0 Å². The van der Waals surface area contributed by atoms with Gasteiger partial charge in [-0.15, -0.1) is 0 Å². The Bertz CT molecular complexity index is 3180. The highest BCUT2D eigenvalue weighted by molar-refractivity contribution is 6.73. The van der Waals surface area contributed by atoms with Gasteiger partial charge >= 0.3 is 0 Å². The Morgan fingerprint density at radius 2 is 1.31 bits per heavy atom. The van der Waals surface area contributed by atoms with Gasteiger partial charge in [0.2, 0.25) is 0 Å². The minimum atomic E-state index is -0.0952. The highest BCUT2D eigenvalue weighted by atomic mass is 16.3. The van der Waals surface area contributed by atoms with Crippen LogP contribution in [0.15, 0.2) is 144 Å². The molecule has 0 unspecified atom stereocenters. The number of fused-ring (bicyclic) bond motifs is 9. The Labute approximate surface area is 348 Å². The highest BCUT2D eigenvalue weighted by Gasteiger charge is 2.37. The van der Waals surface area contributed by atoms with E-state index in [1.807, 2.05) is 6.26 Å². The first-order valence-electron chi connectivity index (χ1n) is 21.1. The number of hydrogen-bond donors (Lipinski definition) is 1. The van der Waals surface area contributed by atoms with Crippen LogP contribution in [-0.2, 0) is 16.2 Å². The first-order chi connectivity index (χ1) is 28.3. The second-order valence-corrected chi connectivity index (χ2v) is 19.5. The van der Waals surface area contributed by atoms with Gasteiger partial charge in [0, 0.05) is 55.3 Å². The monoisotopic (exact) mass is 764 g/mol. The summed E-state index contributed by atoms with van der Waals surface area (Å²) in [6.45, 7) is 18.5. The van der Waals surface area contributed by atoms with Crippen molar-refractivity contribution in [2.45, 2.75) is 71.6 Å². The van der Waals surface area contributed by atoms with Gasteiger partial charge in [0.15, 0.2) is 7.28 Å². The van der Waals surface area contributed by atoms with E-state index in [1.165, 1.54) is 82.9 Å². The molecule has 0 saturated carbocycles. The van der Waals surface area contributed by atoms with Crippen molar-refractivity contribution in [3.8, 4) is 39.1 Å². The summed E-state index contributed by atoms with van der Waals surface area (Å²) >= 11 is 0. The summed E-state index contributed by atoms with van der Waals surface area (Å²) in [5.74, 6) is 0. The van der Waals surface area contributed by atoms with Gasteiger partial charge in [-0.3, -0.25) is 0 Å². The average molecular weight is 765 g/mol. The van der Waals surface area contributed by atoms with Crippen molar-refractivity contribution in [3.05, 3.63) is 162 Å². The molecule has 0 fully saturated rings. The number of furan rings is 1. The third kappa shape index (κ3) is 5.42. The molecular weight excluding hydrogens is 715 g/mol. The zero-order valence-corrected chi connectivity index (χ0v) is 35.3. The van der Waals surface area contributed by atoms with E-state index in [0.717, 1.165) is 40.8 Å². The molecule has 1 aliphatic carbocycles. The molecule has 288 valence electrons. The molecule has 11 rings (SSSR count). The standard InChI is InChI=1S/C55H49BN2O/c1-53(2,3)33-18-21-35(22-19-33)57-47-25-20-34(54(4,5)6)26-40(47)37-23-24-38-41-27-45-39(36-16-12-13-17-44(36)55(45,7)8)28-48(41)58-49-29-42-43(32-14-10-9-11-15-32)31-59-50(42)30-46(49)56-51(37)52(38)58/h9-31,56-57H,1-8H3. The second-order valence-electron chi connectivity index (χ2n) is 19.5. The summed E-state index contributed by atoms with van der Waals surface area (Å²) in [5, 5.41) is 7.62. The van der Waals surface area contributed by atoms with Gasteiger partial charge in [0.05, 0.1) is 11.8 Å². The van der Waals surface area contributed by atoms with E-state index >= 15 is 0 Å². The van der Waals surface area contributed by atoms with Gasteiger partial charge in [0.25, 0.3) is 0 Å². The van der Waals surface area contributed by atoms with Gasteiger partial charge in [0.1, 0.15) is 5.58 Å². The quantitative estimate of drug-likeness (QED) is 0.181. The van der Waals surface area contributed by atoms with Crippen LogP contribution in [0.2, 0.25) is 0 Å². The lowest BCUT2D eigenvalue weighted by molar-refractivity contribution is 0.590. The van der Waals surface area contributed by atoms with Gasteiger partial charge in [-0.25, -0.2) is 0 Å². The zero-order valence-electron chi connectivity index (χ0n) is 35.3. The fourth-order valence-electron chi connectivity index (χ4n) is 10.1. The number of nitrogens with zero attached hydrogens (tertiary/aromatic N) is 1. The SMILES string of the molecule is CC(C)(C)c1ccc(Nc2ccc(C(C)(C)C)cc2-c2ccc3c4cc5c(cc4n4c3c2Bc2cc3occ(-c6ccccc6)c3cc2-4)-c2ccccc2C5(C)C)cc1. The van der Waals surface area contributed by atoms with Crippen LogP contribution in [0.5, 0.6) is 0 Å². The maximum atomic E-state index is 6.39. The van der Waals surface area contributed by atoms with Crippen LogP contribution < -0.4 is 16.2 Å². The van der Waals surface area contributed by atoms with Gasteiger partial charge in [-0.2, -0.15) is 0 Å². The zero-order chi connectivity index (χ0) is 40.6. The largest absolute Gasteiger partial charge is 0.464 e. The second kappa shape index (κ2) is 12.4. The molecule has 3 nitrogen and oxygen atoms in total. The highest BCUT2D eigenvalue weighted by Crippen LogP contribution is 2.51. The van der Waals surface area contributed by atoms with Crippen LogP contribution in [-0.4, -0.2) is 11.8 Å². The van der Waals surface area contributed by atoms with Crippen LogP contribution in [0.1, 0.15) is 77.6 Å². The lowest BCUT2D eigenvalue weighted by atomic mass is 9.59. The Hall–Kier alpha value is -6.26. The first-order valence-corrected chi connectivity index (χ1v) is 21.1. The maximum Gasteiger partial charge on any atom is 0.198 e. The predicted molar refractivity (Wildman–Crippen MR) is 253 cm³/mol. The lowest BCUT2D eigenvalue weighted by Gasteiger charge is -2.26. The summed E-state index contributed by atoms with van der Waals surface area (Å²) in [7, 11) is 0.795. The van der Waals surface area contributed by atoms with Crippen molar-refractivity contribution >= 4 is 62.4 Å². The van der Waals surface area contributed by atoms with Gasteiger partial charge < -0.3 is 14.3 Å². The van der Waals surface area contributed by atoms with Crippen molar-refractivity contribution < 1.29 is 4.42 Å². The third-order valence-corrected chi connectivity index (χ3v) is 13.4. The Kier molecular flexibility index (Phi) is 7.53. The molecule has 2 aromatic heterocycles. The van der Waals surface area contributed by atoms with Crippen molar-refractivity contribution in [3.63, 3.8) is 0 Å². The van der Waals surface area contributed by atoms with E-state index < -0.39 is 0 Å². The van der Waals surface area contributed by atoms with Crippen molar-refractivity contribution in [1.82, 2.24) is 4.57 Å². The normalized spacial score (nSPS) is 14.0. The number of anilines is 2.